The lowest BCUT2D eigenvalue weighted by atomic mass is 9.94. The summed E-state index contributed by atoms with van der Waals surface area (Å²) in [6.45, 7) is 1.90. The van der Waals surface area contributed by atoms with Crippen LogP contribution in [0.15, 0.2) is 24.3 Å². The molecule has 134 valence electrons. The van der Waals surface area contributed by atoms with Crippen molar-refractivity contribution in [1.82, 2.24) is 4.90 Å². The molecule has 5 heteroatoms. The summed E-state index contributed by atoms with van der Waals surface area (Å²) in [5.41, 5.74) is 0. The Morgan fingerprint density at radius 3 is 2.75 bits per heavy atom. The highest BCUT2D eigenvalue weighted by molar-refractivity contribution is 5.40. The van der Waals surface area contributed by atoms with Crippen LogP contribution in [0.25, 0.3) is 0 Å². The Hall–Kier alpha value is -1.30. The SMILES string of the molecule is CN(C[C@@H](O)COC[C@H]1COc2ccccc2O1)C1CCCCC1. The Bertz CT molecular complexity index is 504. The van der Waals surface area contributed by atoms with Gasteiger partial charge in [-0.3, -0.25) is 0 Å². The molecule has 24 heavy (non-hydrogen) atoms. The lowest BCUT2D eigenvalue weighted by molar-refractivity contribution is -0.0308. The van der Waals surface area contributed by atoms with Crippen molar-refractivity contribution in [3.8, 4) is 11.5 Å². The van der Waals surface area contributed by atoms with E-state index < -0.39 is 6.10 Å². The molecule has 0 spiro atoms. The fourth-order valence-corrected chi connectivity index (χ4v) is 3.54. The number of fused-ring (bicyclic) bond motifs is 1. The summed E-state index contributed by atoms with van der Waals surface area (Å²) < 4.78 is 17.2. The molecule has 1 aromatic carbocycles. The summed E-state index contributed by atoms with van der Waals surface area (Å²) >= 11 is 0. The van der Waals surface area contributed by atoms with Crippen LogP contribution >= 0.6 is 0 Å². The van der Waals surface area contributed by atoms with Crippen molar-refractivity contribution in [2.45, 2.75) is 50.4 Å². The van der Waals surface area contributed by atoms with Crippen molar-refractivity contribution < 1.29 is 19.3 Å². The molecule has 0 aromatic heterocycles. The van der Waals surface area contributed by atoms with Crippen LogP contribution in [0.1, 0.15) is 32.1 Å². The number of nitrogens with zero attached hydrogens (tertiary/aromatic N) is 1. The van der Waals surface area contributed by atoms with Crippen molar-refractivity contribution in [3.05, 3.63) is 24.3 Å². The van der Waals surface area contributed by atoms with Crippen LogP contribution < -0.4 is 9.47 Å². The van der Waals surface area contributed by atoms with E-state index in [1.165, 1.54) is 32.1 Å². The predicted octanol–water partition coefficient (Wildman–Crippen LogP) is 2.47. The van der Waals surface area contributed by atoms with Crippen molar-refractivity contribution in [2.24, 2.45) is 0 Å². The number of para-hydroxylation sites is 2. The van der Waals surface area contributed by atoms with Gasteiger partial charge in [-0.15, -0.1) is 0 Å². The maximum atomic E-state index is 10.2. The van der Waals surface area contributed by atoms with E-state index in [2.05, 4.69) is 11.9 Å². The quantitative estimate of drug-likeness (QED) is 0.829. The van der Waals surface area contributed by atoms with Crippen LogP contribution in [0.5, 0.6) is 11.5 Å². The van der Waals surface area contributed by atoms with E-state index in [4.69, 9.17) is 14.2 Å². The van der Waals surface area contributed by atoms with Crippen LogP contribution in [0, 0.1) is 0 Å². The fraction of sp³-hybridized carbons (Fsp3) is 0.684. The number of rotatable bonds is 7. The molecule has 2 aliphatic rings. The maximum absolute atomic E-state index is 10.2. The predicted molar refractivity (Wildman–Crippen MR) is 92.7 cm³/mol. The molecule has 1 N–H and O–H groups in total. The molecule has 1 heterocycles. The summed E-state index contributed by atoms with van der Waals surface area (Å²) in [6, 6.07) is 8.27. The summed E-state index contributed by atoms with van der Waals surface area (Å²) in [5.74, 6) is 1.54. The van der Waals surface area contributed by atoms with Gasteiger partial charge >= 0.3 is 0 Å². The number of hydrogen-bond acceptors (Lipinski definition) is 5. The van der Waals surface area contributed by atoms with E-state index in [-0.39, 0.29) is 6.10 Å². The Kier molecular flexibility index (Phi) is 6.35. The van der Waals surface area contributed by atoms with Gasteiger partial charge in [0, 0.05) is 12.6 Å². The lowest BCUT2D eigenvalue weighted by Gasteiger charge is -2.32. The maximum Gasteiger partial charge on any atom is 0.161 e. The first-order valence-electron chi connectivity index (χ1n) is 9.07. The molecular weight excluding hydrogens is 306 g/mol. The summed E-state index contributed by atoms with van der Waals surface area (Å²) in [5, 5.41) is 10.2. The monoisotopic (exact) mass is 335 g/mol. The molecule has 1 saturated carbocycles. The van der Waals surface area contributed by atoms with Crippen molar-refractivity contribution in [3.63, 3.8) is 0 Å². The molecule has 0 saturated heterocycles. The topological polar surface area (TPSA) is 51.2 Å². The van der Waals surface area contributed by atoms with Gasteiger partial charge in [-0.05, 0) is 32.0 Å². The van der Waals surface area contributed by atoms with Gasteiger partial charge in [0.2, 0.25) is 0 Å². The molecule has 5 nitrogen and oxygen atoms in total. The summed E-state index contributed by atoms with van der Waals surface area (Å²) in [7, 11) is 2.11. The molecule has 3 rings (SSSR count). The number of hydrogen-bond donors (Lipinski definition) is 1. The zero-order chi connectivity index (χ0) is 16.8. The van der Waals surface area contributed by atoms with Gasteiger partial charge in [0.15, 0.2) is 17.6 Å². The molecule has 0 bridgehead atoms. The van der Waals surface area contributed by atoms with Gasteiger partial charge in [0.05, 0.1) is 19.3 Å². The minimum Gasteiger partial charge on any atom is -0.486 e. The average Bonchev–Trinajstić information content (AvgIpc) is 2.62. The second-order valence-corrected chi connectivity index (χ2v) is 6.92. The zero-order valence-corrected chi connectivity index (χ0v) is 14.5. The van der Waals surface area contributed by atoms with E-state index in [9.17, 15) is 5.11 Å². The van der Waals surface area contributed by atoms with Gasteiger partial charge in [-0.2, -0.15) is 0 Å². The highest BCUT2D eigenvalue weighted by Gasteiger charge is 2.22. The summed E-state index contributed by atoms with van der Waals surface area (Å²) in [6.07, 6.45) is 5.87. The van der Waals surface area contributed by atoms with Crippen molar-refractivity contribution in [1.29, 1.82) is 0 Å². The van der Waals surface area contributed by atoms with Gasteiger partial charge < -0.3 is 24.2 Å². The number of likely N-dealkylation sites (N-methyl/N-ethyl adjacent to an activating group) is 1. The molecule has 1 fully saturated rings. The van der Waals surface area contributed by atoms with Crippen LogP contribution in [0.4, 0.5) is 0 Å². The minimum atomic E-state index is -0.464. The number of aliphatic hydroxyl groups is 1. The number of benzene rings is 1. The van der Waals surface area contributed by atoms with E-state index in [1.54, 1.807) is 0 Å². The first-order valence-corrected chi connectivity index (χ1v) is 9.07. The third-order valence-electron chi connectivity index (χ3n) is 4.88. The molecule has 2 atom stereocenters. The molecule has 0 amide bonds. The van der Waals surface area contributed by atoms with E-state index in [1.807, 2.05) is 24.3 Å². The van der Waals surface area contributed by atoms with E-state index in [0.29, 0.717) is 32.4 Å². The second-order valence-electron chi connectivity index (χ2n) is 6.92. The Labute approximate surface area is 144 Å². The van der Waals surface area contributed by atoms with Crippen LogP contribution in [0.3, 0.4) is 0 Å². The normalized spacial score (nSPS) is 22.5. The van der Waals surface area contributed by atoms with Gasteiger partial charge in [-0.1, -0.05) is 31.4 Å². The van der Waals surface area contributed by atoms with Crippen LogP contribution in [0.2, 0.25) is 0 Å². The highest BCUT2D eigenvalue weighted by atomic mass is 16.6. The van der Waals surface area contributed by atoms with Gasteiger partial charge in [-0.25, -0.2) is 0 Å². The van der Waals surface area contributed by atoms with Crippen LogP contribution in [-0.4, -0.2) is 61.7 Å². The molecule has 0 unspecified atom stereocenters. The molecular formula is C19H29NO4. The van der Waals surface area contributed by atoms with Crippen molar-refractivity contribution >= 4 is 0 Å². The van der Waals surface area contributed by atoms with E-state index >= 15 is 0 Å². The fourth-order valence-electron chi connectivity index (χ4n) is 3.54. The Morgan fingerprint density at radius 1 is 1.21 bits per heavy atom. The third-order valence-corrected chi connectivity index (χ3v) is 4.88. The van der Waals surface area contributed by atoms with Crippen molar-refractivity contribution in [2.75, 3.05) is 33.4 Å². The smallest absolute Gasteiger partial charge is 0.161 e. The first kappa shape index (κ1) is 17.5. The first-order chi connectivity index (χ1) is 11.7. The largest absolute Gasteiger partial charge is 0.486 e. The molecule has 1 aliphatic heterocycles. The summed E-state index contributed by atoms with van der Waals surface area (Å²) in [4.78, 5) is 2.28. The van der Waals surface area contributed by atoms with Gasteiger partial charge in [0.25, 0.3) is 0 Å². The molecule has 0 radical (unpaired) electrons. The second kappa shape index (κ2) is 8.70. The standard InChI is InChI=1S/C19H29NO4/c1-20(15-7-3-2-4-8-15)11-16(21)12-22-13-17-14-23-18-9-5-6-10-19(18)24-17/h5-6,9-10,15-17,21H,2-4,7-8,11-14H2,1H3/t16-,17+/m1/s1. The molecule has 1 aliphatic carbocycles. The Balaban J connectivity index is 1.34. The molecule has 1 aromatic rings. The average molecular weight is 335 g/mol. The van der Waals surface area contributed by atoms with Crippen LogP contribution in [-0.2, 0) is 4.74 Å². The van der Waals surface area contributed by atoms with E-state index in [0.717, 1.165) is 11.5 Å². The lowest BCUT2D eigenvalue weighted by Crippen LogP contribution is -2.41. The zero-order valence-electron chi connectivity index (χ0n) is 14.5. The number of ether oxygens (including phenoxy) is 3. The Morgan fingerprint density at radius 2 is 1.96 bits per heavy atom. The van der Waals surface area contributed by atoms with Gasteiger partial charge in [0.1, 0.15) is 6.61 Å². The number of aliphatic hydroxyl groups excluding tert-OH is 1. The third kappa shape index (κ3) is 4.85. The highest BCUT2D eigenvalue weighted by Crippen LogP contribution is 2.30. The minimum absolute atomic E-state index is 0.122.